The van der Waals surface area contributed by atoms with Gasteiger partial charge in [0.05, 0.1) is 24.9 Å². The van der Waals surface area contributed by atoms with Gasteiger partial charge in [-0.05, 0) is 53.8 Å². The molecular weight excluding hydrogens is 378 g/mol. The minimum absolute atomic E-state index is 0.0183. The van der Waals surface area contributed by atoms with Gasteiger partial charge in [0.15, 0.2) is 0 Å². The van der Waals surface area contributed by atoms with Crippen LogP contribution in [0.2, 0.25) is 0 Å². The number of carbonyl (C=O) groups excluding carboxylic acids is 2. The van der Waals surface area contributed by atoms with E-state index in [9.17, 15) is 9.59 Å². The van der Waals surface area contributed by atoms with Crippen LogP contribution in [0.25, 0.3) is 11.0 Å². The lowest BCUT2D eigenvalue weighted by molar-refractivity contribution is -0.115. The Morgan fingerprint density at radius 3 is 2.47 bits per heavy atom. The van der Waals surface area contributed by atoms with Gasteiger partial charge >= 0.3 is 5.97 Å². The van der Waals surface area contributed by atoms with Crippen LogP contribution in [-0.2, 0) is 21.4 Å². The summed E-state index contributed by atoms with van der Waals surface area (Å²) in [5.74, 6) is -0.488. The number of hydrogen-bond acceptors (Lipinski definition) is 4. The lowest BCUT2D eigenvalue weighted by Gasteiger charge is -2.18. The molecular formula is C25H29NO4. The molecule has 3 aromatic rings. The lowest BCUT2D eigenvalue weighted by atomic mass is 9.86. The van der Waals surface area contributed by atoms with Crippen molar-refractivity contribution in [3.63, 3.8) is 0 Å². The third kappa shape index (κ3) is 5.29. The van der Waals surface area contributed by atoms with Crippen molar-refractivity contribution in [2.24, 2.45) is 0 Å². The first-order chi connectivity index (χ1) is 14.3. The Morgan fingerprint density at radius 2 is 1.80 bits per heavy atom. The molecule has 2 aromatic carbocycles. The zero-order chi connectivity index (χ0) is 21.7. The van der Waals surface area contributed by atoms with Crippen LogP contribution in [0, 0.1) is 0 Å². The summed E-state index contributed by atoms with van der Waals surface area (Å²) in [7, 11) is 0. The van der Waals surface area contributed by atoms with Crippen molar-refractivity contribution in [3.05, 3.63) is 65.4 Å². The van der Waals surface area contributed by atoms with Crippen molar-refractivity contribution in [2.75, 3.05) is 11.9 Å². The summed E-state index contributed by atoms with van der Waals surface area (Å²) in [6.45, 7) is 8.93. The lowest BCUT2D eigenvalue weighted by Crippen LogP contribution is -2.14. The number of fused-ring (bicyclic) bond motifs is 1. The van der Waals surface area contributed by atoms with Gasteiger partial charge in [-0.1, -0.05) is 40.2 Å². The van der Waals surface area contributed by atoms with Crippen LogP contribution in [0.4, 0.5) is 5.69 Å². The fraction of sp³-hybridized carbons (Fsp3) is 0.360. The Labute approximate surface area is 177 Å². The molecule has 1 aromatic heterocycles. The standard InChI is InChI=1S/C25H29NO4/c1-5-6-13-29-24(28)17-7-10-20(11-8-17)26-23(27)14-18-16-30-22-12-9-19(15-21(18)22)25(2,3)4/h7-12,15-16H,5-6,13-14H2,1-4H3,(H,26,27). The molecule has 1 amide bonds. The predicted molar refractivity (Wildman–Crippen MR) is 119 cm³/mol. The number of furan rings is 1. The molecule has 0 aliphatic carbocycles. The molecule has 0 radical (unpaired) electrons. The molecule has 158 valence electrons. The quantitative estimate of drug-likeness (QED) is 0.393. The number of benzene rings is 2. The maximum Gasteiger partial charge on any atom is 0.338 e. The summed E-state index contributed by atoms with van der Waals surface area (Å²) in [5, 5.41) is 3.84. The summed E-state index contributed by atoms with van der Waals surface area (Å²) in [6, 6.07) is 12.8. The van der Waals surface area contributed by atoms with Crippen LogP contribution >= 0.6 is 0 Å². The van der Waals surface area contributed by atoms with Gasteiger partial charge in [-0.15, -0.1) is 0 Å². The van der Waals surface area contributed by atoms with E-state index in [1.54, 1.807) is 30.5 Å². The van der Waals surface area contributed by atoms with Crippen molar-refractivity contribution in [2.45, 2.75) is 52.4 Å². The highest BCUT2D eigenvalue weighted by Gasteiger charge is 2.17. The zero-order valence-electron chi connectivity index (χ0n) is 18.1. The van der Waals surface area contributed by atoms with E-state index < -0.39 is 0 Å². The Hall–Kier alpha value is -3.08. The molecule has 30 heavy (non-hydrogen) atoms. The summed E-state index contributed by atoms with van der Waals surface area (Å²) in [4.78, 5) is 24.5. The topological polar surface area (TPSA) is 68.5 Å². The smallest absolute Gasteiger partial charge is 0.338 e. The molecule has 0 saturated heterocycles. The van der Waals surface area contributed by atoms with Gasteiger partial charge in [-0.3, -0.25) is 4.79 Å². The van der Waals surface area contributed by atoms with Crippen LogP contribution in [0.15, 0.2) is 53.1 Å². The molecule has 0 atom stereocenters. The first-order valence-corrected chi connectivity index (χ1v) is 10.4. The number of ether oxygens (including phenoxy) is 1. The highest BCUT2D eigenvalue weighted by atomic mass is 16.5. The van der Waals surface area contributed by atoms with Crippen molar-refractivity contribution in [1.82, 2.24) is 0 Å². The number of carbonyl (C=O) groups is 2. The van der Waals surface area contributed by atoms with E-state index in [1.165, 1.54) is 5.56 Å². The molecule has 0 aliphatic heterocycles. The maximum absolute atomic E-state index is 12.6. The number of esters is 1. The molecule has 0 fully saturated rings. The Bertz CT molecular complexity index is 1030. The van der Waals surface area contributed by atoms with E-state index in [2.05, 4.69) is 38.2 Å². The zero-order valence-corrected chi connectivity index (χ0v) is 18.1. The Morgan fingerprint density at radius 1 is 1.07 bits per heavy atom. The number of hydrogen-bond donors (Lipinski definition) is 1. The fourth-order valence-electron chi connectivity index (χ4n) is 3.15. The van der Waals surface area contributed by atoms with E-state index in [4.69, 9.17) is 9.15 Å². The largest absolute Gasteiger partial charge is 0.464 e. The molecule has 1 heterocycles. The van der Waals surface area contributed by atoms with E-state index in [-0.39, 0.29) is 23.7 Å². The Kier molecular flexibility index (Phi) is 6.60. The third-order valence-corrected chi connectivity index (χ3v) is 5.01. The van der Waals surface area contributed by atoms with E-state index in [1.807, 2.05) is 13.0 Å². The number of anilines is 1. The molecule has 0 aliphatic rings. The SMILES string of the molecule is CCCCOC(=O)c1ccc(NC(=O)Cc2coc3ccc(C(C)(C)C)cc23)cc1. The normalized spacial score (nSPS) is 11.5. The first kappa shape index (κ1) is 21.6. The fourth-order valence-corrected chi connectivity index (χ4v) is 3.15. The molecule has 1 N–H and O–H groups in total. The first-order valence-electron chi connectivity index (χ1n) is 10.4. The maximum atomic E-state index is 12.6. The number of amides is 1. The highest BCUT2D eigenvalue weighted by Crippen LogP contribution is 2.29. The molecule has 0 saturated carbocycles. The number of rotatable bonds is 7. The molecule has 0 spiro atoms. The van der Waals surface area contributed by atoms with E-state index in [0.29, 0.717) is 17.9 Å². The third-order valence-electron chi connectivity index (χ3n) is 5.01. The van der Waals surface area contributed by atoms with Crippen molar-refractivity contribution in [1.29, 1.82) is 0 Å². The van der Waals surface area contributed by atoms with Crippen LogP contribution in [0.1, 0.15) is 62.0 Å². The summed E-state index contributed by atoms with van der Waals surface area (Å²) >= 11 is 0. The monoisotopic (exact) mass is 407 g/mol. The molecule has 3 rings (SSSR count). The van der Waals surface area contributed by atoms with Gasteiger partial charge < -0.3 is 14.5 Å². The van der Waals surface area contributed by atoms with Crippen molar-refractivity contribution in [3.8, 4) is 0 Å². The van der Waals surface area contributed by atoms with E-state index >= 15 is 0 Å². The van der Waals surface area contributed by atoms with Gasteiger partial charge in [0, 0.05) is 16.6 Å². The second-order valence-corrected chi connectivity index (χ2v) is 8.51. The van der Waals surface area contributed by atoms with Crippen LogP contribution < -0.4 is 5.32 Å². The average Bonchev–Trinajstić information content (AvgIpc) is 3.10. The van der Waals surface area contributed by atoms with Gasteiger partial charge in [0.2, 0.25) is 5.91 Å². The Balaban J connectivity index is 1.65. The van der Waals surface area contributed by atoms with E-state index in [0.717, 1.165) is 29.4 Å². The second-order valence-electron chi connectivity index (χ2n) is 8.51. The number of nitrogens with one attached hydrogen (secondary N) is 1. The average molecular weight is 408 g/mol. The van der Waals surface area contributed by atoms with Gasteiger partial charge in [0.25, 0.3) is 0 Å². The van der Waals surface area contributed by atoms with Gasteiger partial charge in [-0.25, -0.2) is 4.79 Å². The second kappa shape index (κ2) is 9.16. The molecule has 5 heteroatoms. The van der Waals surface area contributed by atoms with Gasteiger partial charge in [0.1, 0.15) is 5.58 Å². The van der Waals surface area contributed by atoms with Crippen molar-refractivity contribution < 1.29 is 18.7 Å². The predicted octanol–water partition coefficient (Wildman–Crippen LogP) is 5.87. The summed E-state index contributed by atoms with van der Waals surface area (Å²) in [6.07, 6.45) is 3.68. The molecule has 5 nitrogen and oxygen atoms in total. The summed E-state index contributed by atoms with van der Waals surface area (Å²) < 4.78 is 10.8. The van der Waals surface area contributed by atoms with Gasteiger partial charge in [-0.2, -0.15) is 0 Å². The number of unbranched alkanes of at least 4 members (excludes halogenated alkanes) is 1. The van der Waals surface area contributed by atoms with Crippen LogP contribution in [0.3, 0.4) is 0 Å². The van der Waals surface area contributed by atoms with Crippen LogP contribution in [-0.4, -0.2) is 18.5 Å². The summed E-state index contributed by atoms with van der Waals surface area (Å²) in [5.41, 5.74) is 3.94. The minimum atomic E-state index is -0.346. The molecule has 0 unspecified atom stereocenters. The molecule has 0 bridgehead atoms. The minimum Gasteiger partial charge on any atom is -0.464 e. The van der Waals surface area contributed by atoms with Crippen molar-refractivity contribution >= 4 is 28.5 Å². The highest BCUT2D eigenvalue weighted by molar-refractivity contribution is 5.96. The van der Waals surface area contributed by atoms with Crippen LogP contribution in [0.5, 0.6) is 0 Å².